The third kappa shape index (κ3) is 5.76. The molecule has 0 aromatic heterocycles. The van der Waals surface area contributed by atoms with Crippen LogP contribution in [0.3, 0.4) is 0 Å². The fourth-order valence-corrected chi connectivity index (χ4v) is 2.68. The van der Waals surface area contributed by atoms with Gasteiger partial charge in [0.05, 0.1) is 24.6 Å². The number of anilines is 1. The Morgan fingerprint density at radius 3 is 2.43 bits per heavy atom. The smallest absolute Gasteiger partial charge is 0.416 e. The molecule has 0 bridgehead atoms. The van der Waals surface area contributed by atoms with Crippen LogP contribution < -0.4 is 14.9 Å². The van der Waals surface area contributed by atoms with E-state index in [1.54, 1.807) is 25.3 Å². The van der Waals surface area contributed by atoms with Gasteiger partial charge in [0.25, 0.3) is 0 Å². The molecule has 156 valence electrons. The molecule has 1 N–H and O–H groups in total. The molecular weight excluding hydrogens is 393 g/mol. The molecular formula is C23H21F3N2O2. The van der Waals surface area contributed by atoms with Crippen LogP contribution in [0.2, 0.25) is 0 Å². The number of aryl methyl sites for hydroxylation is 1. The van der Waals surface area contributed by atoms with E-state index in [4.69, 9.17) is 9.47 Å². The fourth-order valence-electron chi connectivity index (χ4n) is 2.68. The van der Waals surface area contributed by atoms with Crippen molar-refractivity contribution in [2.45, 2.75) is 19.7 Å². The van der Waals surface area contributed by atoms with Crippen LogP contribution in [0.15, 0.2) is 71.8 Å². The molecule has 0 amide bonds. The fraction of sp³-hybridized carbons (Fsp3) is 0.174. The number of nitrogens with one attached hydrogen (secondary N) is 1. The van der Waals surface area contributed by atoms with Gasteiger partial charge < -0.3 is 9.47 Å². The van der Waals surface area contributed by atoms with Gasteiger partial charge in [-0.05, 0) is 54.4 Å². The van der Waals surface area contributed by atoms with Gasteiger partial charge in [-0.1, -0.05) is 35.9 Å². The van der Waals surface area contributed by atoms with Crippen molar-refractivity contribution in [3.05, 3.63) is 89.0 Å². The molecule has 3 rings (SSSR count). The lowest BCUT2D eigenvalue weighted by Crippen LogP contribution is -2.05. The van der Waals surface area contributed by atoms with Gasteiger partial charge in [0, 0.05) is 0 Å². The third-order valence-electron chi connectivity index (χ3n) is 4.30. The molecule has 3 aromatic rings. The molecule has 4 nitrogen and oxygen atoms in total. The van der Waals surface area contributed by atoms with Crippen molar-refractivity contribution >= 4 is 11.9 Å². The van der Waals surface area contributed by atoms with Crippen LogP contribution in [0.1, 0.15) is 22.3 Å². The standard InChI is InChI=1S/C23H21F3N2O2/c1-16-6-8-17(9-7-16)15-30-22-12-18(10-11-21(22)29-2)14-27-28-20-5-3-4-19(13-20)23(24,25)26/h3-14,28H,15H2,1-2H3. The van der Waals surface area contributed by atoms with Gasteiger partial charge in [-0.25, -0.2) is 0 Å². The van der Waals surface area contributed by atoms with Crippen molar-refractivity contribution in [3.8, 4) is 11.5 Å². The molecule has 0 atom stereocenters. The Labute approximate surface area is 173 Å². The molecule has 3 aromatic carbocycles. The molecule has 0 radical (unpaired) electrons. The lowest BCUT2D eigenvalue weighted by molar-refractivity contribution is -0.137. The van der Waals surface area contributed by atoms with Crippen molar-refractivity contribution in [2.75, 3.05) is 12.5 Å². The molecule has 0 fully saturated rings. The van der Waals surface area contributed by atoms with E-state index in [1.165, 1.54) is 23.9 Å². The van der Waals surface area contributed by atoms with E-state index in [0.717, 1.165) is 17.7 Å². The number of hydrogen-bond acceptors (Lipinski definition) is 4. The number of methoxy groups -OCH3 is 1. The summed E-state index contributed by atoms with van der Waals surface area (Å²) in [6.07, 6.45) is -2.90. The molecule has 0 unspecified atom stereocenters. The van der Waals surface area contributed by atoms with Crippen molar-refractivity contribution in [1.82, 2.24) is 0 Å². The first kappa shape index (κ1) is 21.2. The first-order valence-corrected chi connectivity index (χ1v) is 9.18. The average molecular weight is 414 g/mol. The van der Waals surface area contributed by atoms with Crippen molar-refractivity contribution in [2.24, 2.45) is 5.10 Å². The Bertz CT molecular complexity index is 1020. The number of hydrogen-bond donors (Lipinski definition) is 1. The SMILES string of the molecule is COc1ccc(C=NNc2cccc(C(F)(F)F)c2)cc1OCc1ccc(C)cc1. The number of ether oxygens (including phenoxy) is 2. The minimum atomic E-state index is -4.40. The molecule has 0 saturated carbocycles. The minimum absolute atomic E-state index is 0.241. The lowest BCUT2D eigenvalue weighted by atomic mass is 10.1. The summed E-state index contributed by atoms with van der Waals surface area (Å²) in [6, 6.07) is 18.1. The van der Waals surface area contributed by atoms with Crippen molar-refractivity contribution in [3.63, 3.8) is 0 Å². The van der Waals surface area contributed by atoms with Gasteiger partial charge in [-0.15, -0.1) is 0 Å². The highest BCUT2D eigenvalue weighted by atomic mass is 19.4. The van der Waals surface area contributed by atoms with Gasteiger partial charge in [0.1, 0.15) is 6.61 Å². The van der Waals surface area contributed by atoms with E-state index in [1.807, 2.05) is 31.2 Å². The third-order valence-corrected chi connectivity index (χ3v) is 4.30. The Morgan fingerprint density at radius 1 is 0.967 bits per heavy atom. The van der Waals surface area contributed by atoms with E-state index < -0.39 is 11.7 Å². The maximum absolute atomic E-state index is 12.8. The minimum Gasteiger partial charge on any atom is -0.493 e. The Morgan fingerprint density at radius 2 is 1.73 bits per heavy atom. The maximum Gasteiger partial charge on any atom is 0.416 e. The van der Waals surface area contributed by atoms with Gasteiger partial charge in [-0.2, -0.15) is 18.3 Å². The second-order valence-corrected chi connectivity index (χ2v) is 6.63. The number of benzene rings is 3. The topological polar surface area (TPSA) is 42.8 Å². The van der Waals surface area contributed by atoms with E-state index in [9.17, 15) is 13.2 Å². The normalized spacial score (nSPS) is 11.5. The van der Waals surface area contributed by atoms with Gasteiger partial charge >= 0.3 is 6.18 Å². The highest BCUT2D eigenvalue weighted by molar-refractivity contribution is 5.81. The zero-order valence-electron chi connectivity index (χ0n) is 16.5. The summed E-state index contributed by atoms with van der Waals surface area (Å²) in [5.41, 5.74) is 5.01. The number of rotatable bonds is 7. The highest BCUT2D eigenvalue weighted by Gasteiger charge is 2.30. The molecule has 30 heavy (non-hydrogen) atoms. The van der Waals surface area contributed by atoms with Crippen LogP contribution >= 0.6 is 0 Å². The summed E-state index contributed by atoms with van der Waals surface area (Å²) < 4.78 is 49.6. The lowest BCUT2D eigenvalue weighted by Gasteiger charge is -2.12. The van der Waals surface area contributed by atoms with Crippen LogP contribution in [0.5, 0.6) is 11.5 Å². The number of alkyl halides is 3. The molecule has 0 spiro atoms. The van der Waals surface area contributed by atoms with Crippen LogP contribution in [0.25, 0.3) is 0 Å². The van der Waals surface area contributed by atoms with Crippen molar-refractivity contribution < 1.29 is 22.6 Å². The van der Waals surface area contributed by atoms with E-state index >= 15 is 0 Å². The Hall–Kier alpha value is -3.48. The maximum atomic E-state index is 12.8. The van der Waals surface area contributed by atoms with Gasteiger partial charge in [0.15, 0.2) is 11.5 Å². The van der Waals surface area contributed by atoms with Crippen LogP contribution in [-0.2, 0) is 12.8 Å². The number of nitrogens with zero attached hydrogens (tertiary/aromatic N) is 1. The first-order chi connectivity index (χ1) is 14.3. The Kier molecular flexibility index (Phi) is 6.61. The Balaban J connectivity index is 1.69. The number of hydrazone groups is 1. The molecule has 0 aliphatic carbocycles. The molecule has 0 aliphatic rings. The summed E-state index contributed by atoms with van der Waals surface area (Å²) in [7, 11) is 1.55. The van der Waals surface area contributed by atoms with E-state index in [0.29, 0.717) is 23.7 Å². The predicted molar refractivity (Wildman–Crippen MR) is 111 cm³/mol. The van der Waals surface area contributed by atoms with Gasteiger partial charge in [0.2, 0.25) is 0 Å². The highest BCUT2D eigenvalue weighted by Crippen LogP contribution is 2.31. The molecule has 0 heterocycles. The van der Waals surface area contributed by atoms with Gasteiger partial charge in [-0.3, -0.25) is 5.43 Å². The van der Waals surface area contributed by atoms with E-state index in [-0.39, 0.29) is 5.69 Å². The predicted octanol–water partition coefficient (Wildman–Crippen LogP) is 6.05. The summed E-state index contributed by atoms with van der Waals surface area (Å²) in [6.45, 7) is 2.39. The van der Waals surface area contributed by atoms with Crippen LogP contribution in [0.4, 0.5) is 18.9 Å². The largest absolute Gasteiger partial charge is 0.493 e. The monoisotopic (exact) mass is 414 g/mol. The van der Waals surface area contributed by atoms with Crippen LogP contribution in [-0.4, -0.2) is 13.3 Å². The second kappa shape index (κ2) is 9.35. The number of halogens is 3. The first-order valence-electron chi connectivity index (χ1n) is 9.18. The summed E-state index contributed by atoms with van der Waals surface area (Å²) >= 11 is 0. The quantitative estimate of drug-likeness (QED) is 0.378. The average Bonchev–Trinajstić information content (AvgIpc) is 2.73. The molecule has 7 heteroatoms. The van der Waals surface area contributed by atoms with Crippen molar-refractivity contribution in [1.29, 1.82) is 0 Å². The zero-order chi connectivity index (χ0) is 21.6. The summed E-state index contributed by atoms with van der Waals surface area (Å²) in [5, 5.41) is 4.02. The zero-order valence-corrected chi connectivity index (χ0v) is 16.5. The van der Waals surface area contributed by atoms with E-state index in [2.05, 4.69) is 10.5 Å². The van der Waals surface area contributed by atoms with Crippen LogP contribution in [0, 0.1) is 6.92 Å². The summed E-state index contributed by atoms with van der Waals surface area (Å²) in [5.74, 6) is 1.12. The molecule has 0 aliphatic heterocycles. The molecule has 0 saturated heterocycles. The second-order valence-electron chi connectivity index (χ2n) is 6.63. The summed E-state index contributed by atoms with van der Waals surface area (Å²) in [4.78, 5) is 0.